The summed E-state index contributed by atoms with van der Waals surface area (Å²) in [6, 6.07) is 9.47. The molecule has 27 heavy (non-hydrogen) atoms. The van der Waals surface area contributed by atoms with Gasteiger partial charge in [0.05, 0.1) is 12.2 Å². The van der Waals surface area contributed by atoms with Gasteiger partial charge in [-0.2, -0.15) is 0 Å². The number of urea groups is 1. The molecule has 0 bridgehead atoms. The zero-order chi connectivity index (χ0) is 19.4. The smallest absolute Gasteiger partial charge is 0.325 e. The molecule has 142 valence electrons. The van der Waals surface area contributed by atoms with Crippen LogP contribution in [0.1, 0.15) is 31.7 Å². The average Bonchev–Trinajstić information content (AvgIpc) is 3.19. The SMILES string of the molecule is CC1(C)NC(=O)N(CCCC(=O)NCc2nc(-c3ccccc3)cs2)C1=O. The molecule has 1 aliphatic heterocycles. The summed E-state index contributed by atoms with van der Waals surface area (Å²) in [6.45, 7) is 3.93. The van der Waals surface area contributed by atoms with Crippen molar-refractivity contribution in [1.29, 1.82) is 0 Å². The van der Waals surface area contributed by atoms with Crippen LogP contribution in [0.3, 0.4) is 0 Å². The first-order valence-electron chi connectivity index (χ1n) is 8.77. The van der Waals surface area contributed by atoms with Crippen molar-refractivity contribution in [3.05, 3.63) is 40.7 Å². The highest BCUT2D eigenvalue weighted by atomic mass is 32.1. The molecule has 0 atom stereocenters. The maximum atomic E-state index is 12.1. The van der Waals surface area contributed by atoms with Gasteiger partial charge in [0.1, 0.15) is 10.5 Å². The fourth-order valence-corrected chi connectivity index (χ4v) is 3.56. The van der Waals surface area contributed by atoms with E-state index >= 15 is 0 Å². The zero-order valence-electron chi connectivity index (χ0n) is 15.3. The van der Waals surface area contributed by atoms with Crippen LogP contribution in [0, 0.1) is 0 Å². The molecule has 0 radical (unpaired) electrons. The number of amides is 4. The summed E-state index contributed by atoms with van der Waals surface area (Å²) in [5.74, 6) is -0.387. The predicted octanol–water partition coefficient (Wildman–Crippen LogP) is 2.54. The highest BCUT2D eigenvalue weighted by Gasteiger charge is 2.43. The normalized spacial score (nSPS) is 15.7. The predicted molar refractivity (Wildman–Crippen MR) is 103 cm³/mol. The number of nitrogens with one attached hydrogen (secondary N) is 2. The van der Waals surface area contributed by atoms with E-state index in [9.17, 15) is 14.4 Å². The maximum Gasteiger partial charge on any atom is 0.325 e. The van der Waals surface area contributed by atoms with Gasteiger partial charge in [-0.15, -0.1) is 11.3 Å². The van der Waals surface area contributed by atoms with E-state index in [0.29, 0.717) is 13.0 Å². The van der Waals surface area contributed by atoms with E-state index in [1.54, 1.807) is 13.8 Å². The molecule has 0 spiro atoms. The van der Waals surface area contributed by atoms with Gasteiger partial charge in [0.15, 0.2) is 0 Å². The molecule has 1 aromatic heterocycles. The Labute approximate surface area is 161 Å². The quantitative estimate of drug-likeness (QED) is 0.716. The number of nitrogens with zero attached hydrogens (tertiary/aromatic N) is 2. The molecule has 4 amide bonds. The minimum absolute atomic E-state index is 0.127. The summed E-state index contributed by atoms with van der Waals surface area (Å²) >= 11 is 1.50. The van der Waals surface area contributed by atoms with Crippen molar-refractivity contribution >= 4 is 29.2 Å². The lowest BCUT2D eigenvalue weighted by Crippen LogP contribution is -2.40. The van der Waals surface area contributed by atoms with Gasteiger partial charge in [0, 0.05) is 23.9 Å². The molecule has 1 aromatic carbocycles. The molecular formula is C19H22N4O3S. The van der Waals surface area contributed by atoms with Crippen LogP contribution in [-0.2, 0) is 16.1 Å². The van der Waals surface area contributed by atoms with Crippen molar-refractivity contribution in [3.63, 3.8) is 0 Å². The summed E-state index contributed by atoms with van der Waals surface area (Å²) in [7, 11) is 0. The Kier molecular flexibility index (Phi) is 5.55. The van der Waals surface area contributed by atoms with Crippen LogP contribution in [0.5, 0.6) is 0 Å². The number of imide groups is 1. The van der Waals surface area contributed by atoms with Gasteiger partial charge >= 0.3 is 6.03 Å². The van der Waals surface area contributed by atoms with Crippen molar-refractivity contribution in [2.45, 2.75) is 38.8 Å². The minimum atomic E-state index is -0.874. The Bertz CT molecular complexity index is 848. The van der Waals surface area contributed by atoms with Crippen molar-refractivity contribution < 1.29 is 14.4 Å². The molecular weight excluding hydrogens is 364 g/mol. The number of benzene rings is 1. The van der Waals surface area contributed by atoms with E-state index in [1.807, 2.05) is 35.7 Å². The van der Waals surface area contributed by atoms with E-state index in [1.165, 1.54) is 16.2 Å². The maximum absolute atomic E-state index is 12.1. The third kappa shape index (κ3) is 4.51. The second-order valence-electron chi connectivity index (χ2n) is 6.88. The largest absolute Gasteiger partial charge is 0.350 e. The Balaban J connectivity index is 1.42. The van der Waals surface area contributed by atoms with Crippen LogP contribution in [-0.4, -0.2) is 39.8 Å². The number of hydrogen-bond acceptors (Lipinski definition) is 5. The Morgan fingerprint density at radius 1 is 1.26 bits per heavy atom. The first-order valence-corrected chi connectivity index (χ1v) is 9.65. The Morgan fingerprint density at radius 2 is 2.00 bits per heavy atom. The molecule has 1 aliphatic rings. The van der Waals surface area contributed by atoms with Crippen LogP contribution in [0.15, 0.2) is 35.7 Å². The molecule has 0 aliphatic carbocycles. The average molecular weight is 386 g/mol. The molecule has 3 rings (SSSR count). The van der Waals surface area contributed by atoms with Gasteiger partial charge in [-0.1, -0.05) is 30.3 Å². The number of carbonyl (C=O) groups is 3. The fraction of sp³-hybridized carbons (Fsp3) is 0.368. The lowest BCUT2D eigenvalue weighted by atomic mass is 10.1. The van der Waals surface area contributed by atoms with E-state index < -0.39 is 11.6 Å². The summed E-state index contributed by atoms with van der Waals surface area (Å²) in [4.78, 5) is 41.6. The molecule has 8 heteroatoms. The van der Waals surface area contributed by atoms with Crippen molar-refractivity contribution in [2.75, 3.05) is 6.54 Å². The lowest BCUT2D eigenvalue weighted by molar-refractivity contribution is -0.130. The number of aromatic nitrogens is 1. The number of hydrogen-bond donors (Lipinski definition) is 2. The van der Waals surface area contributed by atoms with Crippen LogP contribution < -0.4 is 10.6 Å². The minimum Gasteiger partial charge on any atom is -0.350 e. The first kappa shape index (κ1) is 19.0. The summed E-state index contributed by atoms with van der Waals surface area (Å²) in [6.07, 6.45) is 0.669. The van der Waals surface area contributed by atoms with Crippen molar-refractivity contribution in [3.8, 4) is 11.3 Å². The van der Waals surface area contributed by atoms with E-state index in [2.05, 4.69) is 15.6 Å². The van der Waals surface area contributed by atoms with Crippen molar-refractivity contribution in [2.24, 2.45) is 0 Å². The first-order chi connectivity index (χ1) is 12.9. The highest BCUT2D eigenvalue weighted by molar-refractivity contribution is 7.09. The molecule has 2 N–H and O–H groups in total. The van der Waals surface area contributed by atoms with Crippen LogP contribution >= 0.6 is 11.3 Å². The molecule has 7 nitrogen and oxygen atoms in total. The van der Waals surface area contributed by atoms with Gasteiger partial charge in [-0.25, -0.2) is 9.78 Å². The monoisotopic (exact) mass is 386 g/mol. The Morgan fingerprint density at radius 3 is 2.67 bits per heavy atom. The highest BCUT2D eigenvalue weighted by Crippen LogP contribution is 2.21. The molecule has 2 heterocycles. The Hall–Kier alpha value is -2.74. The van der Waals surface area contributed by atoms with Gasteiger partial charge in [-0.3, -0.25) is 14.5 Å². The summed E-state index contributed by atoms with van der Waals surface area (Å²) < 4.78 is 0. The molecule has 1 fully saturated rings. The van der Waals surface area contributed by atoms with Crippen LogP contribution in [0.25, 0.3) is 11.3 Å². The third-order valence-corrected chi connectivity index (χ3v) is 5.14. The molecule has 2 aromatic rings. The van der Waals surface area contributed by atoms with E-state index in [0.717, 1.165) is 16.3 Å². The molecule has 1 saturated heterocycles. The van der Waals surface area contributed by atoms with Gasteiger partial charge < -0.3 is 10.6 Å². The number of carbonyl (C=O) groups excluding carboxylic acids is 3. The van der Waals surface area contributed by atoms with Crippen LogP contribution in [0.4, 0.5) is 4.79 Å². The topological polar surface area (TPSA) is 91.4 Å². The van der Waals surface area contributed by atoms with Crippen molar-refractivity contribution in [1.82, 2.24) is 20.5 Å². The lowest BCUT2D eigenvalue weighted by Gasteiger charge is -2.15. The number of thiazole rings is 1. The number of rotatable bonds is 7. The van der Waals surface area contributed by atoms with Gasteiger partial charge in [-0.05, 0) is 20.3 Å². The summed E-state index contributed by atoms with van der Waals surface area (Å²) in [5, 5.41) is 8.26. The van der Waals surface area contributed by atoms with E-state index in [4.69, 9.17) is 0 Å². The zero-order valence-corrected chi connectivity index (χ0v) is 16.1. The molecule has 0 unspecified atom stereocenters. The summed E-state index contributed by atoms with van der Waals surface area (Å²) in [5.41, 5.74) is 1.06. The fourth-order valence-electron chi connectivity index (χ4n) is 2.81. The second-order valence-corrected chi connectivity index (χ2v) is 7.83. The second kappa shape index (κ2) is 7.87. The van der Waals surface area contributed by atoms with Gasteiger partial charge in [0.25, 0.3) is 5.91 Å². The van der Waals surface area contributed by atoms with Gasteiger partial charge in [0.2, 0.25) is 5.91 Å². The molecule has 0 saturated carbocycles. The van der Waals surface area contributed by atoms with Crippen LogP contribution in [0.2, 0.25) is 0 Å². The third-order valence-electron chi connectivity index (χ3n) is 4.29. The van der Waals surface area contributed by atoms with E-state index in [-0.39, 0.29) is 24.8 Å². The standard InChI is InChI=1S/C19H22N4O3S/c1-19(2)17(25)23(18(26)22-19)10-6-9-15(24)20-11-16-21-14(12-27-16)13-7-4-3-5-8-13/h3-5,7-8,12H,6,9-11H2,1-2H3,(H,20,24)(H,22,26).